The highest BCUT2D eigenvalue weighted by atomic mass is 19.1. The maximum Gasteiger partial charge on any atom is 0.252 e. The van der Waals surface area contributed by atoms with Gasteiger partial charge in [0, 0.05) is 23.6 Å². The van der Waals surface area contributed by atoms with Crippen molar-refractivity contribution < 1.29 is 18.3 Å². The minimum Gasteiger partial charge on any atom is -0.468 e. The van der Waals surface area contributed by atoms with E-state index in [2.05, 4.69) is 39.3 Å². The number of halogens is 1. The van der Waals surface area contributed by atoms with Gasteiger partial charge in [0.25, 0.3) is 5.56 Å². The summed E-state index contributed by atoms with van der Waals surface area (Å²) in [6.07, 6.45) is 1.63. The van der Waals surface area contributed by atoms with Crippen molar-refractivity contribution in [1.82, 2.24) is 30.1 Å². The van der Waals surface area contributed by atoms with Gasteiger partial charge in [0.1, 0.15) is 11.6 Å². The average molecular weight is 531 g/mol. The molecule has 10 nitrogen and oxygen atoms in total. The van der Waals surface area contributed by atoms with Gasteiger partial charge in [0.05, 0.1) is 30.9 Å². The zero-order valence-electron chi connectivity index (χ0n) is 21.5. The number of nitrogens with zero attached hydrogens (tertiary/aromatic N) is 5. The third kappa shape index (κ3) is 5.13. The molecular weight excluding hydrogens is 503 g/mol. The van der Waals surface area contributed by atoms with Crippen molar-refractivity contribution in [3.05, 3.63) is 99.7 Å². The Morgan fingerprint density at radius 2 is 1.87 bits per heavy atom. The molecule has 0 fully saturated rings. The van der Waals surface area contributed by atoms with E-state index in [1.807, 2.05) is 24.3 Å². The molecule has 39 heavy (non-hydrogen) atoms. The number of H-pyrrole nitrogens is 1. The Hall–Kier alpha value is -4.51. The molecule has 1 N–H and O–H groups in total. The highest BCUT2D eigenvalue weighted by Crippen LogP contribution is 2.36. The van der Waals surface area contributed by atoms with Crippen LogP contribution >= 0.6 is 0 Å². The monoisotopic (exact) mass is 530 g/mol. The first-order chi connectivity index (χ1) is 18.9. The molecule has 1 atom stereocenters. The van der Waals surface area contributed by atoms with Crippen LogP contribution in [0.25, 0.3) is 10.9 Å². The minimum atomic E-state index is -0.301. The van der Waals surface area contributed by atoms with Gasteiger partial charge in [-0.15, -0.1) is 5.10 Å². The first-order valence-corrected chi connectivity index (χ1v) is 12.7. The lowest BCUT2D eigenvalue weighted by Gasteiger charge is -2.33. The first kappa shape index (κ1) is 24.8. The number of furan rings is 1. The second kappa shape index (κ2) is 10.3. The van der Waals surface area contributed by atoms with Gasteiger partial charge in [-0.05, 0) is 58.3 Å². The fourth-order valence-corrected chi connectivity index (χ4v) is 5.01. The summed E-state index contributed by atoms with van der Waals surface area (Å²) < 4.78 is 31.9. The van der Waals surface area contributed by atoms with Crippen LogP contribution in [0.4, 0.5) is 4.39 Å². The summed E-state index contributed by atoms with van der Waals surface area (Å²) in [5.41, 5.74) is 1.93. The Kier molecular flexibility index (Phi) is 6.57. The van der Waals surface area contributed by atoms with Gasteiger partial charge in [-0.25, -0.2) is 9.07 Å². The quantitative estimate of drug-likeness (QED) is 0.298. The van der Waals surface area contributed by atoms with E-state index in [-0.39, 0.29) is 30.1 Å². The van der Waals surface area contributed by atoms with E-state index in [4.69, 9.17) is 13.9 Å². The second-order valence-corrected chi connectivity index (χ2v) is 9.91. The van der Waals surface area contributed by atoms with E-state index in [1.165, 1.54) is 12.1 Å². The summed E-state index contributed by atoms with van der Waals surface area (Å²) in [4.78, 5) is 18.4. The summed E-state index contributed by atoms with van der Waals surface area (Å²) in [5.74, 6) is 2.42. The standard InChI is InChI=1S/C28H27FN6O4/c1-17(2)26(27-31-32-33-35(27)13-18-5-7-21(29)8-6-18)34(15-22-4-3-9-37-22)14-20-10-19-11-24-25(39-16-38-24)12-23(19)30-28(20)36/h3-12,17,26H,13-16H2,1-2H3,(H,30,36). The number of benzene rings is 2. The number of aromatic amines is 1. The van der Waals surface area contributed by atoms with E-state index in [9.17, 15) is 9.18 Å². The summed E-state index contributed by atoms with van der Waals surface area (Å²) in [6, 6.07) is 15.3. The van der Waals surface area contributed by atoms with Crippen molar-refractivity contribution in [2.75, 3.05) is 6.79 Å². The molecule has 0 saturated heterocycles. The topological polar surface area (TPSA) is 111 Å². The molecule has 2 aromatic carbocycles. The van der Waals surface area contributed by atoms with Crippen LogP contribution in [0.1, 0.15) is 42.6 Å². The number of tetrazole rings is 1. The van der Waals surface area contributed by atoms with E-state index in [0.717, 1.165) is 16.7 Å². The molecule has 1 aliphatic heterocycles. The van der Waals surface area contributed by atoms with Gasteiger partial charge in [-0.2, -0.15) is 0 Å². The predicted molar refractivity (Wildman–Crippen MR) is 140 cm³/mol. The molecule has 200 valence electrons. The van der Waals surface area contributed by atoms with Crippen molar-refractivity contribution >= 4 is 10.9 Å². The fraction of sp³-hybridized carbons (Fsp3) is 0.286. The maximum atomic E-state index is 13.5. The molecule has 0 spiro atoms. The zero-order chi connectivity index (χ0) is 26.9. The third-order valence-corrected chi connectivity index (χ3v) is 6.82. The average Bonchev–Trinajstić information content (AvgIpc) is 3.68. The molecular formula is C28H27FN6O4. The van der Waals surface area contributed by atoms with Crippen LogP contribution in [-0.2, 0) is 19.6 Å². The predicted octanol–water partition coefficient (Wildman–Crippen LogP) is 4.42. The maximum absolute atomic E-state index is 13.5. The number of nitrogens with one attached hydrogen (secondary N) is 1. The molecule has 1 aliphatic rings. The molecule has 6 rings (SSSR count). The van der Waals surface area contributed by atoms with E-state index in [0.29, 0.717) is 48.0 Å². The molecule has 0 amide bonds. The number of rotatable bonds is 9. The molecule has 1 unspecified atom stereocenters. The summed E-state index contributed by atoms with van der Waals surface area (Å²) >= 11 is 0. The normalized spacial score (nSPS) is 13.6. The van der Waals surface area contributed by atoms with Crippen LogP contribution in [0, 0.1) is 11.7 Å². The molecule has 0 radical (unpaired) electrons. The molecule has 0 saturated carbocycles. The highest BCUT2D eigenvalue weighted by Gasteiger charge is 2.31. The van der Waals surface area contributed by atoms with Crippen LogP contribution in [0.15, 0.2) is 70.1 Å². The van der Waals surface area contributed by atoms with E-state index in [1.54, 1.807) is 29.1 Å². The Labute approximate surface area is 223 Å². The van der Waals surface area contributed by atoms with Crippen LogP contribution in [0.3, 0.4) is 0 Å². The second-order valence-electron chi connectivity index (χ2n) is 9.91. The summed E-state index contributed by atoms with van der Waals surface area (Å²) in [6.45, 7) is 5.45. The summed E-state index contributed by atoms with van der Waals surface area (Å²) in [5, 5.41) is 13.4. The zero-order valence-corrected chi connectivity index (χ0v) is 21.5. The van der Waals surface area contributed by atoms with Crippen molar-refractivity contribution in [2.24, 2.45) is 5.92 Å². The van der Waals surface area contributed by atoms with Crippen LogP contribution in [-0.4, -0.2) is 36.9 Å². The lowest BCUT2D eigenvalue weighted by molar-refractivity contribution is 0.116. The van der Waals surface area contributed by atoms with Crippen molar-refractivity contribution in [3.8, 4) is 11.5 Å². The van der Waals surface area contributed by atoms with Crippen LogP contribution in [0.5, 0.6) is 11.5 Å². The molecule has 11 heteroatoms. The van der Waals surface area contributed by atoms with Gasteiger partial charge < -0.3 is 18.9 Å². The van der Waals surface area contributed by atoms with Crippen LogP contribution < -0.4 is 15.0 Å². The Balaban J connectivity index is 1.37. The Morgan fingerprint density at radius 3 is 2.62 bits per heavy atom. The van der Waals surface area contributed by atoms with Crippen molar-refractivity contribution in [1.29, 1.82) is 0 Å². The van der Waals surface area contributed by atoms with E-state index >= 15 is 0 Å². The molecule has 0 aliphatic carbocycles. The number of aromatic nitrogens is 5. The largest absolute Gasteiger partial charge is 0.468 e. The molecule has 5 aromatic rings. The fourth-order valence-electron chi connectivity index (χ4n) is 5.01. The Morgan fingerprint density at radius 1 is 1.08 bits per heavy atom. The van der Waals surface area contributed by atoms with Gasteiger partial charge in [-0.1, -0.05) is 26.0 Å². The molecule has 4 heterocycles. The van der Waals surface area contributed by atoms with Gasteiger partial charge in [-0.3, -0.25) is 9.69 Å². The van der Waals surface area contributed by atoms with Crippen molar-refractivity contribution in [2.45, 2.75) is 39.5 Å². The Bertz CT molecular complexity index is 1650. The van der Waals surface area contributed by atoms with Crippen LogP contribution in [0.2, 0.25) is 0 Å². The molecule has 3 aromatic heterocycles. The number of hydrogen-bond donors (Lipinski definition) is 1. The summed E-state index contributed by atoms with van der Waals surface area (Å²) in [7, 11) is 0. The first-order valence-electron chi connectivity index (χ1n) is 12.7. The smallest absolute Gasteiger partial charge is 0.252 e. The number of pyridine rings is 1. The lowest BCUT2D eigenvalue weighted by atomic mass is 10.00. The molecule has 0 bridgehead atoms. The van der Waals surface area contributed by atoms with Gasteiger partial charge in [0.2, 0.25) is 6.79 Å². The highest BCUT2D eigenvalue weighted by molar-refractivity contribution is 5.83. The number of ether oxygens (including phenoxy) is 2. The SMILES string of the molecule is CC(C)C(c1nnnn1Cc1ccc(F)cc1)N(Cc1ccco1)Cc1cc2cc3c(cc2[nH]c1=O)OCO3. The lowest BCUT2D eigenvalue weighted by Crippen LogP contribution is -2.35. The number of hydrogen-bond acceptors (Lipinski definition) is 8. The van der Waals surface area contributed by atoms with Crippen molar-refractivity contribution in [3.63, 3.8) is 0 Å². The van der Waals surface area contributed by atoms with Gasteiger partial charge >= 0.3 is 0 Å². The van der Waals surface area contributed by atoms with E-state index < -0.39 is 0 Å². The third-order valence-electron chi connectivity index (χ3n) is 6.82. The minimum absolute atomic E-state index is 0.0753. The van der Waals surface area contributed by atoms with Gasteiger partial charge in [0.15, 0.2) is 17.3 Å². The number of fused-ring (bicyclic) bond motifs is 2.